The molecule has 1 heteroatoms. The highest BCUT2D eigenvalue weighted by Crippen LogP contribution is 2.37. The van der Waals surface area contributed by atoms with Crippen molar-refractivity contribution in [2.75, 3.05) is 0 Å². The van der Waals surface area contributed by atoms with Crippen LogP contribution in [-0.2, 0) is 0 Å². The lowest BCUT2D eigenvalue weighted by molar-refractivity contribution is 0.328. The summed E-state index contributed by atoms with van der Waals surface area (Å²) in [6, 6.07) is 10.3. The van der Waals surface area contributed by atoms with Crippen LogP contribution in [0.3, 0.4) is 0 Å². The van der Waals surface area contributed by atoms with Crippen LogP contribution in [0.15, 0.2) is 36.4 Å². The predicted octanol–water partition coefficient (Wildman–Crippen LogP) is 4.80. The number of hydrogen-bond acceptors (Lipinski definition) is 1. The molecule has 94 valence electrons. The Kier molecular flexibility index (Phi) is 4.59. The molecule has 0 bridgehead atoms. The van der Waals surface area contributed by atoms with Gasteiger partial charge in [-0.25, -0.2) is 0 Å². The van der Waals surface area contributed by atoms with Crippen molar-refractivity contribution < 1.29 is 0 Å². The van der Waals surface area contributed by atoms with Crippen LogP contribution < -0.4 is 0 Å². The van der Waals surface area contributed by atoms with Gasteiger partial charge in [-0.1, -0.05) is 24.3 Å². The minimum absolute atomic E-state index is 0.708. The van der Waals surface area contributed by atoms with Crippen molar-refractivity contribution in [2.45, 2.75) is 44.9 Å². The van der Waals surface area contributed by atoms with Crippen molar-refractivity contribution in [3.05, 3.63) is 47.5 Å². The summed E-state index contributed by atoms with van der Waals surface area (Å²) < 4.78 is 0. The molecule has 0 unspecified atom stereocenters. The van der Waals surface area contributed by atoms with Crippen molar-refractivity contribution in [2.24, 2.45) is 5.92 Å². The maximum absolute atomic E-state index is 8.80. The first-order valence-electron chi connectivity index (χ1n) is 6.94. The van der Waals surface area contributed by atoms with Gasteiger partial charge in [-0.3, -0.25) is 0 Å². The van der Waals surface area contributed by atoms with Crippen LogP contribution in [0.4, 0.5) is 0 Å². The number of nitriles is 1. The lowest BCUT2D eigenvalue weighted by Gasteiger charge is -2.28. The van der Waals surface area contributed by atoms with Gasteiger partial charge in [0, 0.05) is 0 Å². The Morgan fingerprint density at radius 1 is 1.17 bits per heavy atom. The molecule has 0 radical (unpaired) electrons. The molecule has 1 saturated carbocycles. The molecule has 1 aliphatic carbocycles. The fourth-order valence-electron chi connectivity index (χ4n) is 2.89. The van der Waals surface area contributed by atoms with Gasteiger partial charge in [0.25, 0.3) is 0 Å². The van der Waals surface area contributed by atoms with Gasteiger partial charge >= 0.3 is 0 Å². The molecule has 0 spiro atoms. The molecule has 2 rings (SSSR count). The first kappa shape index (κ1) is 12.9. The monoisotopic (exact) mass is 239 g/mol. The minimum Gasteiger partial charge on any atom is -0.192 e. The summed E-state index contributed by atoms with van der Waals surface area (Å²) in [7, 11) is 0. The highest BCUT2D eigenvalue weighted by atomic mass is 14.3. The quantitative estimate of drug-likeness (QED) is 0.695. The van der Waals surface area contributed by atoms with Gasteiger partial charge < -0.3 is 0 Å². The van der Waals surface area contributed by atoms with E-state index in [1.54, 1.807) is 0 Å². The Morgan fingerprint density at radius 2 is 1.83 bits per heavy atom. The summed E-state index contributed by atoms with van der Waals surface area (Å²) in [5.74, 6) is 1.59. The molecule has 1 aliphatic rings. The molecule has 1 nitrogen and oxygen atoms in total. The van der Waals surface area contributed by atoms with E-state index in [0.29, 0.717) is 5.92 Å². The summed E-state index contributed by atoms with van der Waals surface area (Å²) >= 11 is 0. The average Bonchev–Trinajstić information content (AvgIpc) is 2.46. The number of hydrogen-bond donors (Lipinski definition) is 0. The topological polar surface area (TPSA) is 23.8 Å². The van der Waals surface area contributed by atoms with Crippen LogP contribution in [-0.4, -0.2) is 0 Å². The van der Waals surface area contributed by atoms with Crippen LogP contribution in [0.5, 0.6) is 0 Å². The van der Waals surface area contributed by atoms with E-state index in [0.717, 1.165) is 11.5 Å². The molecule has 0 N–H and O–H groups in total. The Balaban J connectivity index is 1.90. The first-order chi connectivity index (χ1) is 8.83. The molecular weight excluding hydrogens is 218 g/mol. The molecule has 0 heterocycles. The largest absolute Gasteiger partial charge is 0.192 e. The van der Waals surface area contributed by atoms with Gasteiger partial charge in [0.05, 0.1) is 11.6 Å². The Hall–Kier alpha value is -1.55. The van der Waals surface area contributed by atoms with Crippen molar-refractivity contribution >= 4 is 0 Å². The van der Waals surface area contributed by atoms with E-state index in [1.165, 1.54) is 37.7 Å². The van der Waals surface area contributed by atoms with E-state index in [2.05, 4.69) is 37.3 Å². The Morgan fingerprint density at radius 3 is 2.39 bits per heavy atom. The summed E-state index contributed by atoms with van der Waals surface area (Å²) in [6.45, 7) is 2.10. The van der Waals surface area contributed by atoms with Gasteiger partial charge in [0.15, 0.2) is 0 Å². The number of benzene rings is 1. The van der Waals surface area contributed by atoms with E-state index < -0.39 is 0 Å². The third kappa shape index (κ3) is 3.23. The van der Waals surface area contributed by atoms with Crippen LogP contribution in [0, 0.1) is 17.2 Å². The second-order valence-electron chi connectivity index (χ2n) is 5.26. The fourth-order valence-corrected chi connectivity index (χ4v) is 2.89. The van der Waals surface area contributed by atoms with Crippen LogP contribution >= 0.6 is 0 Å². The number of nitrogens with zero attached hydrogens (tertiary/aromatic N) is 1. The standard InChI is InChI=1S/C17H21N/c1-2-3-4-14-5-9-16(10-6-14)17-11-7-15(13-18)8-12-17/h2-3,7-8,11-12,14,16H,4-6,9-10H2,1H3/b3-2+. The number of rotatable bonds is 3. The molecule has 0 saturated heterocycles. The van der Waals surface area contributed by atoms with E-state index in [9.17, 15) is 0 Å². The molecular formula is C17H21N. The van der Waals surface area contributed by atoms with E-state index in [-0.39, 0.29) is 0 Å². The molecule has 0 atom stereocenters. The molecule has 0 amide bonds. The minimum atomic E-state index is 0.708. The lowest BCUT2D eigenvalue weighted by Crippen LogP contribution is -2.12. The highest BCUT2D eigenvalue weighted by Gasteiger charge is 2.21. The second-order valence-corrected chi connectivity index (χ2v) is 5.26. The lowest BCUT2D eigenvalue weighted by atomic mass is 9.77. The molecule has 0 aromatic heterocycles. The summed E-state index contributed by atoms with van der Waals surface area (Å²) in [5, 5.41) is 8.80. The van der Waals surface area contributed by atoms with Crippen molar-refractivity contribution in [1.29, 1.82) is 5.26 Å². The molecule has 18 heavy (non-hydrogen) atoms. The maximum atomic E-state index is 8.80. The van der Waals surface area contributed by atoms with Crippen LogP contribution in [0.1, 0.15) is 56.1 Å². The summed E-state index contributed by atoms with van der Waals surface area (Å²) in [6.07, 6.45) is 11.0. The third-order valence-corrected chi connectivity index (χ3v) is 4.06. The molecule has 1 aromatic rings. The van der Waals surface area contributed by atoms with Crippen molar-refractivity contribution in [3.8, 4) is 6.07 Å². The van der Waals surface area contributed by atoms with Crippen LogP contribution in [0.2, 0.25) is 0 Å². The van der Waals surface area contributed by atoms with Crippen molar-refractivity contribution in [3.63, 3.8) is 0 Å². The Labute approximate surface area is 110 Å². The zero-order valence-corrected chi connectivity index (χ0v) is 11.1. The van der Waals surface area contributed by atoms with Gasteiger partial charge in [-0.15, -0.1) is 0 Å². The summed E-state index contributed by atoms with van der Waals surface area (Å²) in [5.41, 5.74) is 2.18. The van der Waals surface area contributed by atoms with E-state index >= 15 is 0 Å². The van der Waals surface area contributed by atoms with Gasteiger partial charge in [-0.05, 0) is 68.6 Å². The Bertz CT molecular complexity index is 428. The second kappa shape index (κ2) is 6.40. The molecule has 1 fully saturated rings. The molecule has 0 aliphatic heterocycles. The average molecular weight is 239 g/mol. The normalized spacial score (nSPS) is 24.0. The van der Waals surface area contributed by atoms with Gasteiger partial charge in [0.1, 0.15) is 0 Å². The van der Waals surface area contributed by atoms with Crippen molar-refractivity contribution in [1.82, 2.24) is 0 Å². The first-order valence-corrected chi connectivity index (χ1v) is 6.94. The number of allylic oxidation sites excluding steroid dienone is 2. The van der Waals surface area contributed by atoms with Gasteiger partial charge in [-0.2, -0.15) is 5.26 Å². The predicted molar refractivity (Wildman–Crippen MR) is 75.3 cm³/mol. The van der Waals surface area contributed by atoms with E-state index in [1.807, 2.05) is 12.1 Å². The zero-order valence-electron chi connectivity index (χ0n) is 11.1. The SMILES string of the molecule is C/C=C/CC1CCC(c2ccc(C#N)cc2)CC1. The smallest absolute Gasteiger partial charge is 0.0991 e. The molecule has 1 aromatic carbocycles. The third-order valence-electron chi connectivity index (χ3n) is 4.06. The highest BCUT2D eigenvalue weighted by molar-refractivity contribution is 5.33. The van der Waals surface area contributed by atoms with E-state index in [4.69, 9.17) is 5.26 Å². The maximum Gasteiger partial charge on any atom is 0.0991 e. The zero-order chi connectivity index (χ0) is 12.8. The summed E-state index contributed by atoms with van der Waals surface area (Å²) in [4.78, 5) is 0. The van der Waals surface area contributed by atoms with Crippen LogP contribution in [0.25, 0.3) is 0 Å². The fraction of sp³-hybridized carbons (Fsp3) is 0.471. The van der Waals surface area contributed by atoms with Gasteiger partial charge in [0.2, 0.25) is 0 Å².